The van der Waals surface area contributed by atoms with E-state index in [2.05, 4.69) is 22.0 Å². The fourth-order valence-electron chi connectivity index (χ4n) is 0.879. The second-order valence-corrected chi connectivity index (χ2v) is 4.02. The summed E-state index contributed by atoms with van der Waals surface area (Å²) >= 11 is 3.51. The number of hydrogen-bond donors (Lipinski definition) is 0. The van der Waals surface area contributed by atoms with E-state index < -0.39 is 0 Å². The van der Waals surface area contributed by atoms with Crippen LogP contribution in [-0.4, -0.2) is 4.32 Å². The summed E-state index contributed by atoms with van der Waals surface area (Å²) in [6.45, 7) is 0. The fraction of sp³-hybridized carbons (Fsp3) is 0.833. The number of alkyl halides is 1. The Morgan fingerprint density at radius 1 is 1.62 bits per heavy atom. The lowest BCUT2D eigenvalue weighted by Gasteiger charge is -2.33. The predicted octanol–water partition coefficient (Wildman–Crippen LogP) is 2.22. The van der Waals surface area contributed by atoms with Crippen molar-refractivity contribution in [3.63, 3.8) is 0 Å². The van der Waals surface area contributed by atoms with Crippen LogP contribution in [0.15, 0.2) is 0 Å². The van der Waals surface area contributed by atoms with Gasteiger partial charge in [-0.15, -0.1) is 0 Å². The highest BCUT2D eigenvalue weighted by atomic mass is 79.9. The standard InChI is InChI=1S/C6H8BrN/c7-6(4-5-8)2-1-3-6/h1-4H2. The molecule has 0 heterocycles. The Morgan fingerprint density at radius 2 is 2.25 bits per heavy atom. The predicted molar refractivity (Wildman–Crippen MR) is 35.7 cm³/mol. The summed E-state index contributed by atoms with van der Waals surface area (Å²) in [6.07, 6.45) is 4.32. The van der Waals surface area contributed by atoms with Crippen LogP contribution < -0.4 is 0 Å². The van der Waals surface area contributed by atoms with Crippen molar-refractivity contribution in [2.45, 2.75) is 30.0 Å². The average Bonchev–Trinajstić information content (AvgIpc) is 1.64. The number of rotatable bonds is 1. The van der Waals surface area contributed by atoms with Crippen LogP contribution in [0.2, 0.25) is 0 Å². The van der Waals surface area contributed by atoms with Gasteiger partial charge in [0.2, 0.25) is 0 Å². The first-order chi connectivity index (χ1) is 3.77. The Kier molecular flexibility index (Phi) is 1.57. The van der Waals surface area contributed by atoms with Crippen molar-refractivity contribution in [2.24, 2.45) is 0 Å². The molecule has 0 aromatic heterocycles. The van der Waals surface area contributed by atoms with E-state index in [9.17, 15) is 0 Å². The van der Waals surface area contributed by atoms with E-state index >= 15 is 0 Å². The lowest BCUT2D eigenvalue weighted by atomic mass is 9.83. The van der Waals surface area contributed by atoms with Crippen LogP contribution in [-0.2, 0) is 0 Å². The van der Waals surface area contributed by atoms with Gasteiger partial charge in [0.1, 0.15) is 0 Å². The van der Waals surface area contributed by atoms with Crippen LogP contribution in [0.25, 0.3) is 0 Å². The second-order valence-electron chi connectivity index (χ2n) is 2.34. The van der Waals surface area contributed by atoms with E-state index in [4.69, 9.17) is 5.26 Å². The molecule has 1 rings (SSSR count). The van der Waals surface area contributed by atoms with Crippen LogP contribution in [0.5, 0.6) is 0 Å². The molecule has 1 aliphatic carbocycles. The van der Waals surface area contributed by atoms with Crippen molar-refractivity contribution >= 4 is 15.9 Å². The van der Waals surface area contributed by atoms with Crippen molar-refractivity contribution in [2.75, 3.05) is 0 Å². The van der Waals surface area contributed by atoms with E-state index in [0.29, 0.717) is 6.42 Å². The molecule has 0 aliphatic heterocycles. The van der Waals surface area contributed by atoms with Gasteiger partial charge in [0.05, 0.1) is 12.5 Å². The molecule has 0 aromatic rings. The maximum Gasteiger partial charge on any atom is 0.0636 e. The van der Waals surface area contributed by atoms with Gasteiger partial charge in [-0.2, -0.15) is 5.26 Å². The molecule has 0 unspecified atom stereocenters. The molecule has 1 fully saturated rings. The summed E-state index contributed by atoms with van der Waals surface area (Å²) in [5.74, 6) is 0. The molecule has 8 heavy (non-hydrogen) atoms. The molecule has 0 aromatic carbocycles. The normalized spacial score (nSPS) is 23.5. The molecular weight excluding hydrogens is 166 g/mol. The van der Waals surface area contributed by atoms with Crippen LogP contribution in [0.4, 0.5) is 0 Å². The molecule has 2 heteroatoms. The summed E-state index contributed by atoms with van der Waals surface area (Å²) in [6, 6.07) is 2.16. The third-order valence-electron chi connectivity index (χ3n) is 1.65. The van der Waals surface area contributed by atoms with Gasteiger partial charge in [-0.1, -0.05) is 22.4 Å². The number of halogens is 1. The number of nitrogens with zero attached hydrogens (tertiary/aromatic N) is 1. The summed E-state index contributed by atoms with van der Waals surface area (Å²) in [4.78, 5) is 0. The number of nitriles is 1. The maximum absolute atomic E-state index is 8.29. The molecule has 44 valence electrons. The van der Waals surface area contributed by atoms with Crippen molar-refractivity contribution in [1.29, 1.82) is 5.26 Å². The van der Waals surface area contributed by atoms with Gasteiger partial charge in [0.25, 0.3) is 0 Å². The van der Waals surface area contributed by atoms with Gasteiger partial charge in [-0.25, -0.2) is 0 Å². The van der Waals surface area contributed by atoms with Gasteiger partial charge in [0, 0.05) is 4.32 Å². The molecule has 1 aliphatic rings. The second kappa shape index (κ2) is 2.06. The molecule has 1 nitrogen and oxygen atoms in total. The Labute approximate surface area is 57.8 Å². The smallest absolute Gasteiger partial charge is 0.0636 e. The van der Waals surface area contributed by atoms with Crippen molar-refractivity contribution < 1.29 is 0 Å². The van der Waals surface area contributed by atoms with E-state index in [1.807, 2.05) is 0 Å². The van der Waals surface area contributed by atoms with E-state index in [0.717, 1.165) is 0 Å². The minimum absolute atomic E-state index is 0.224. The SMILES string of the molecule is N#CCC1(Br)CCC1. The van der Waals surface area contributed by atoms with Crippen molar-refractivity contribution in [3.8, 4) is 6.07 Å². The first-order valence-corrected chi connectivity index (χ1v) is 3.62. The molecule has 0 bridgehead atoms. The zero-order valence-electron chi connectivity index (χ0n) is 4.65. The molecule has 0 saturated heterocycles. The van der Waals surface area contributed by atoms with Crippen molar-refractivity contribution in [1.82, 2.24) is 0 Å². The Hall–Kier alpha value is -0.0300. The van der Waals surface area contributed by atoms with E-state index in [1.54, 1.807) is 0 Å². The Balaban J connectivity index is 2.33. The lowest BCUT2D eigenvalue weighted by molar-refractivity contribution is 0.378. The largest absolute Gasteiger partial charge is 0.198 e. The highest BCUT2D eigenvalue weighted by Crippen LogP contribution is 2.42. The first kappa shape index (κ1) is 6.10. The molecule has 1 saturated carbocycles. The minimum atomic E-state index is 0.224. The van der Waals surface area contributed by atoms with Crippen LogP contribution in [0.3, 0.4) is 0 Å². The third-order valence-corrected chi connectivity index (χ3v) is 2.72. The maximum atomic E-state index is 8.29. The monoisotopic (exact) mass is 173 g/mol. The Bertz CT molecular complexity index is 121. The van der Waals surface area contributed by atoms with Gasteiger partial charge in [-0.05, 0) is 12.8 Å². The number of hydrogen-bond acceptors (Lipinski definition) is 1. The summed E-state index contributed by atoms with van der Waals surface area (Å²) < 4.78 is 0.224. The average molecular weight is 174 g/mol. The molecule has 0 N–H and O–H groups in total. The molecule has 0 amide bonds. The highest BCUT2D eigenvalue weighted by Gasteiger charge is 2.33. The molecule has 0 radical (unpaired) electrons. The summed E-state index contributed by atoms with van der Waals surface area (Å²) in [5, 5.41) is 8.29. The zero-order chi connectivity index (χ0) is 6.04. The fourth-order valence-corrected chi connectivity index (χ4v) is 1.56. The quantitative estimate of drug-likeness (QED) is 0.559. The molecule has 0 spiro atoms. The Morgan fingerprint density at radius 3 is 2.38 bits per heavy atom. The topological polar surface area (TPSA) is 23.8 Å². The third kappa shape index (κ3) is 1.03. The van der Waals surface area contributed by atoms with E-state index in [1.165, 1.54) is 19.3 Å². The summed E-state index contributed by atoms with van der Waals surface area (Å²) in [5.41, 5.74) is 0. The van der Waals surface area contributed by atoms with Crippen LogP contribution >= 0.6 is 15.9 Å². The van der Waals surface area contributed by atoms with Gasteiger partial charge < -0.3 is 0 Å². The highest BCUT2D eigenvalue weighted by molar-refractivity contribution is 9.10. The van der Waals surface area contributed by atoms with Crippen LogP contribution in [0, 0.1) is 11.3 Å². The van der Waals surface area contributed by atoms with Gasteiger partial charge in [0.15, 0.2) is 0 Å². The lowest BCUT2D eigenvalue weighted by Crippen LogP contribution is -2.28. The van der Waals surface area contributed by atoms with Gasteiger partial charge in [-0.3, -0.25) is 0 Å². The van der Waals surface area contributed by atoms with Gasteiger partial charge >= 0.3 is 0 Å². The van der Waals surface area contributed by atoms with E-state index in [-0.39, 0.29) is 4.32 Å². The zero-order valence-corrected chi connectivity index (χ0v) is 6.24. The van der Waals surface area contributed by atoms with Crippen LogP contribution in [0.1, 0.15) is 25.7 Å². The molecular formula is C6H8BrN. The first-order valence-electron chi connectivity index (χ1n) is 2.83. The summed E-state index contributed by atoms with van der Waals surface area (Å²) in [7, 11) is 0. The van der Waals surface area contributed by atoms with Crippen molar-refractivity contribution in [3.05, 3.63) is 0 Å². The molecule has 0 atom stereocenters. The minimum Gasteiger partial charge on any atom is -0.198 e.